The maximum Gasteiger partial charge on any atom is 0.314 e. The van der Waals surface area contributed by atoms with Crippen LogP contribution in [-0.4, -0.2) is 10.9 Å². The number of esters is 1. The maximum absolute atomic E-state index is 12.0. The van der Waals surface area contributed by atoms with Gasteiger partial charge >= 0.3 is 5.97 Å². The molecule has 0 bridgehead atoms. The molecule has 1 aliphatic rings. The van der Waals surface area contributed by atoms with Crippen molar-refractivity contribution >= 4 is 11.7 Å². The zero-order valence-corrected chi connectivity index (χ0v) is 11.1. The van der Waals surface area contributed by atoms with Crippen LogP contribution in [0.1, 0.15) is 29.6 Å². The molecule has 0 spiro atoms. The molecule has 0 aliphatic carbocycles. The van der Waals surface area contributed by atoms with Gasteiger partial charge in [-0.15, -0.1) is 0 Å². The Labute approximate surface area is 121 Å². The number of non-ortho nitro benzene ring substituents is 1. The molecule has 2 atom stereocenters. The molecule has 2 unspecified atom stereocenters. The molecule has 5 nitrogen and oxygen atoms in total. The number of nitrogens with zero attached hydrogens (tertiary/aromatic N) is 1. The van der Waals surface area contributed by atoms with Gasteiger partial charge in [0.1, 0.15) is 6.10 Å². The van der Waals surface area contributed by atoms with Crippen LogP contribution in [0.2, 0.25) is 0 Å². The second-order valence-electron chi connectivity index (χ2n) is 4.97. The van der Waals surface area contributed by atoms with Crippen LogP contribution in [0.3, 0.4) is 0 Å². The highest BCUT2D eigenvalue weighted by atomic mass is 16.6. The number of cyclic esters (lactones) is 1. The zero-order chi connectivity index (χ0) is 14.8. The second-order valence-corrected chi connectivity index (χ2v) is 4.97. The fourth-order valence-electron chi connectivity index (χ4n) is 2.55. The molecule has 0 radical (unpaired) electrons. The Morgan fingerprint density at radius 1 is 1.00 bits per heavy atom. The van der Waals surface area contributed by atoms with Gasteiger partial charge in [0.05, 0.1) is 10.8 Å². The Hall–Kier alpha value is -2.69. The molecule has 0 aromatic heterocycles. The van der Waals surface area contributed by atoms with Crippen LogP contribution in [0.25, 0.3) is 0 Å². The minimum absolute atomic E-state index is 0.0183. The number of nitro benzene ring substituents is 1. The van der Waals surface area contributed by atoms with Crippen molar-refractivity contribution in [2.45, 2.75) is 18.4 Å². The van der Waals surface area contributed by atoms with Gasteiger partial charge in [-0.2, -0.15) is 0 Å². The summed E-state index contributed by atoms with van der Waals surface area (Å²) in [4.78, 5) is 22.2. The maximum atomic E-state index is 12.0. The third-order valence-electron chi connectivity index (χ3n) is 3.67. The van der Waals surface area contributed by atoms with E-state index in [0.717, 1.165) is 11.1 Å². The van der Waals surface area contributed by atoms with E-state index in [0.29, 0.717) is 6.42 Å². The first-order valence-electron chi connectivity index (χ1n) is 6.65. The number of ether oxygens (including phenoxy) is 1. The number of carbonyl (C=O) groups is 1. The fourth-order valence-corrected chi connectivity index (χ4v) is 2.55. The predicted octanol–water partition coefficient (Wildman–Crippen LogP) is 3.37. The molecular weight excluding hydrogens is 270 g/mol. The van der Waals surface area contributed by atoms with E-state index in [-0.39, 0.29) is 23.7 Å². The lowest BCUT2D eigenvalue weighted by Crippen LogP contribution is -2.05. The summed E-state index contributed by atoms with van der Waals surface area (Å²) in [5.41, 5.74) is 1.74. The summed E-state index contributed by atoms with van der Waals surface area (Å²) >= 11 is 0. The molecule has 0 saturated carbocycles. The molecular formula is C16H13NO4. The average molecular weight is 283 g/mol. The van der Waals surface area contributed by atoms with E-state index < -0.39 is 4.92 Å². The molecule has 21 heavy (non-hydrogen) atoms. The molecule has 1 fully saturated rings. The highest BCUT2D eigenvalue weighted by molar-refractivity contribution is 5.80. The van der Waals surface area contributed by atoms with Crippen LogP contribution in [0.4, 0.5) is 5.69 Å². The van der Waals surface area contributed by atoms with Gasteiger partial charge in [0.15, 0.2) is 0 Å². The SMILES string of the molecule is O=C1OC(c2ccccc2)CC1c1ccc([N+](=O)[O-])cc1. The lowest BCUT2D eigenvalue weighted by molar-refractivity contribution is -0.384. The predicted molar refractivity (Wildman–Crippen MR) is 75.7 cm³/mol. The first-order valence-corrected chi connectivity index (χ1v) is 6.65. The first-order chi connectivity index (χ1) is 10.1. The highest BCUT2D eigenvalue weighted by Crippen LogP contribution is 2.39. The van der Waals surface area contributed by atoms with Crippen molar-refractivity contribution in [1.82, 2.24) is 0 Å². The van der Waals surface area contributed by atoms with Crippen LogP contribution in [-0.2, 0) is 9.53 Å². The van der Waals surface area contributed by atoms with E-state index in [1.807, 2.05) is 30.3 Å². The largest absolute Gasteiger partial charge is 0.457 e. The zero-order valence-electron chi connectivity index (χ0n) is 11.1. The van der Waals surface area contributed by atoms with Crippen LogP contribution >= 0.6 is 0 Å². The van der Waals surface area contributed by atoms with Gasteiger partial charge in [0, 0.05) is 18.6 Å². The smallest absolute Gasteiger partial charge is 0.314 e. The molecule has 1 aliphatic heterocycles. The molecule has 1 heterocycles. The number of benzene rings is 2. The summed E-state index contributed by atoms with van der Waals surface area (Å²) < 4.78 is 5.42. The Morgan fingerprint density at radius 2 is 1.67 bits per heavy atom. The molecule has 106 valence electrons. The number of hydrogen-bond acceptors (Lipinski definition) is 4. The van der Waals surface area contributed by atoms with Crippen molar-refractivity contribution in [1.29, 1.82) is 0 Å². The molecule has 5 heteroatoms. The van der Waals surface area contributed by atoms with Crippen molar-refractivity contribution in [3.05, 3.63) is 75.8 Å². The monoisotopic (exact) mass is 283 g/mol. The molecule has 2 aromatic carbocycles. The summed E-state index contributed by atoms with van der Waals surface area (Å²) in [7, 11) is 0. The lowest BCUT2D eigenvalue weighted by Gasteiger charge is -2.08. The molecule has 2 aromatic rings. The van der Waals surface area contributed by atoms with Crippen LogP contribution in [0.15, 0.2) is 54.6 Å². The van der Waals surface area contributed by atoms with E-state index >= 15 is 0 Å². The van der Waals surface area contributed by atoms with Crippen molar-refractivity contribution < 1.29 is 14.5 Å². The van der Waals surface area contributed by atoms with Gasteiger partial charge < -0.3 is 4.74 Å². The Morgan fingerprint density at radius 3 is 2.29 bits per heavy atom. The van der Waals surface area contributed by atoms with Gasteiger partial charge in [-0.3, -0.25) is 14.9 Å². The van der Waals surface area contributed by atoms with E-state index in [1.54, 1.807) is 12.1 Å². The second kappa shape index (κ2) is 5.36. The van der Waals surface area contributed by atoms with Crippen LogP contribution in [0, 0.1) is 10.1 Å². The average Bonchev–Trinajstić information content (AvgIpc) is 2.90. The Kier molecular flexibility index (Phi) is 3.39. The summed E-state index contributed by atoms with van der Waals surface area (Å²) in [6, 6.07) is 15.6. The summed E-state index contributed by atoms with van der Waals surface area (Å²) in [6.45, 7) is 0. The number of nitro groups is 1. The lowest BCUT2D eigenvalue weighted by atomic mass is 9.93. The van der Waals surface area contributed by atoms with E-state index in [9.17, 15) is 14.9 Å². The third-order valence-corrected chi connectivity index (χ3v) is 3.67. The van der Waals surface area contributed by atoms with E-state index in [1.165, 1.54) is 12.1 Å². The van der Waals surface area contributed by atoms with Crippen molar-refractivity contribution in [3.63, 3.8) is 0 Å². The van der Waals surface area contributed by atoms with E-state index in [4.69, 9.17) is 4.74 Å². The quantitative estimate of drug-likeness (QED) is 0.492. The van der Waals surface area contributed by atoms with Crippen LogP contribution in [0.5, 0.6) is 0 Å². The van der Waals surface area contributed by atoms with Gasteiger partial charge in [0.25, 0.3) is 5.69 Å². The standard InChI is InChI=1S/C16H13NO4/c18-16-14(11-6-8-13(9-7-11)17(19)20)10-15(21-16)12-4-2-1-3-5-12/h1-9,14-15H,10H2. The van der Waals surface area contributed by atoms with E-state index in [2.05, 4.69) is 0 Å². The van der Waals surface area contributed by atoms with Gasteiger partial charge in [0.2, 0.25) is 0 Å². The minimum atomic E-state index is -0.455. The summed E-state index contributed by atoms with van der Waals surface area (Å²) in [5, 5.41) is 10.6. The van der Waals surface area contributed by atoms with Crippen molar-refractivity contribution in [2.75, 3.05) is 0 Å². The normalized spacial score (nSPS) is 21.0. The molecule has 1 saturated heterocycles. The van der Waals surface area contributed by atoms with Gasteiger partial charge in [-0.25, -0.2) is 0 Å². The Bertz CT molecular complexity index is 666. The number of hydrogen-bond donors (Lipinski definition) is 0. The van der Waals surface area contributed by atoms with Gasteiger partial charge in [-0.05, 0) is 11.1 Å². The molecule has 3 rings (SSSR count). The molecule has 0 amide bonds. The fraction of sp³-hybridized carbons (Fsp3) is 0.188. The number of rotatable bonds is 3. The van der Waals surface area contributed by atoms with Crippen LogP contribution < -0.4 is 0 Å². The van der Waals surface area contributed by atoms with Crippen molar-refractivity contribution in [3.8, 4) is 0 Å². The summed E-state index contributed by atoms with van der Waals surface area (Å²) in [6.07, 6.45) is 0.305. The van der Waals surface area contributed by atoms with Gasteiger partial charge in [-0.1, -0.05) is 42.5 Å². The Balaban J connectivity index is 1.80. The topological polar surface area (TPSA) is 69.4 Å². The summed E-state index contributed by atoms with van der Waals surface area (Å²) in [5.74, 6) is -0.645. The highest BCUT2D eigenvalue weighted by Gasteiger charge is 2.36. The number of carbonyl (C=O) groups excluding carboxylic acids is 1. The molecule has 0 N–H and O–H groups in total. The first kappa shape index (κ1) is 13.3. The van der Waals surface area contributed by atoms with Crippen molar-refractivity contribution in [2.24, 2.45) is 0 Å². The minimum Gasteiger partial charge on any atom is -0.457 e. The third kappa shape index (κ3) is 2.63.